The molecule has 4 rings (SSSR count). The summed E-state index contributed by atoms with van der Waals surface area (Å²) in [6.07, 6.45) is 3.46. The minimum Gasteiger partial charge on any atom is -0.507 e. The highest BCUT2D eigenvalue weighted by molar-refractivity contribution is 5.88. The quantitative estimate of drug-likeness (QED) is 0.178. The third kappa shape index (κ3) is 6.38. The number of rotatable bonds is 9. The number of benzene rings is 4. The highest BCUT2D eigenvalue weighted by Crippen LogP contribution is 2.35. The van der Waals surface area contributed by atoms with E-state index < -0.39 is 0 Å². The highest BCUT2D eigenvalue weighted by Gasteiger charge is 2.14. The summed E-state index contributed by atoms with van der Waals surface area (Å²) in [6.45, 7) is 9.24. The fourth-order valence-electron chi connectivity index (χ4n) is 4.47. The van der Waals surface area contributed by atoms with E-state index in [1.807, 2.05) is 48.5 Å². The Morgan fingerprint density at radius 2 is 0.921 bits per heavy atom. The van der Waals surface area contributed by atoms with Crippen LogP contribution in [0.1, 0.15) is 61.8 Å². The summed E-state index contributed by atoms with van der Waals surface area (Å²) in [5, 5.41) is 21.7. The van der Waals surface area contributed by atoms with Gasteiger partial charge in [-0.1, -0.05) is 88.4 Å². The molecule has 0 atom stereocenters. The van der Waals surface area contributed by atoms with Crippen molar-refractivity contribution in [3.63, 3.8) is 0 Å². The number of nitrogens with zero attached hydrogens (tertiary/aromatic N) is 2. The monoisotopic (exact) mass is 504 g/mol. The molecule has 194 valence electrons. The van der Waals surface area contributed by atoms with Crippen molar-refractivity contribution < 1.29 is 10.2 Å². The van der Waals surface area contributed by atoms with Gasteiger partial charge in [0.1, 0.15) is 11.5 Å². The lowest BCUT2D eigenvalue weighted by Crippen LogP contribution is -1.97. The molecule has 0 spiro atoms. The van der Waals surface area contributed by atoms with Crippen LogP contribution in [0.2, 0.25) is 0 Å². The third-order valence-electron chi connectivity index (χ3n) is 6.61. The minimum atomic E-state index is 0.186. The van der Waals surface area contributed by atoms with Crippen LogP contribution in [0.5, 0.6) is 11.5 Å². The van der Waals surface area contributed by atoms with E-state index in [1.165, 1.54) is 0 Å². The first-order valence-corrected chi connectivity index (χ1v) is 13.2. The Morgan fingerprint density at radius 3 is 1.26 bits per heavy atom. The zero-order chi connectivity index (χ0) is 27.1. The van der Waals surface area contributed by atoms with Gasteiger partial charge in [0.05, 0.1) is 13.1 Å². The Kier molecular flexibility index (Phi) is 8.75. The van der Waals surface area contributed by atoms with Gasteiger partial charge in [0.2, 0.25) is 0 Å². The normalized spacial score (nSPS) is 11.8. The molecule has 0 aliphatic heterocycles. The van der Waals surface area contributed by atoms with Crippen molar-refractivity contribution >= 4 is 12.4 Å². The van der Waals surface area contributed by atoms with Crippen LogP contribution in [0.25, 0.3) is 22.3 Å². The van der Waals surface area contributed by atoms with E-state index in [4.69, 9.17) is 0 Å². The van der Waals surface area contributed by atoms with Crippen molar-refractivity contribution in [3.05, 3.63) is 107 Å². The number of aliphatic imine (C=N–C) groups is 2. The molecule has 38 heavy (non-hydrogen) atoms. The topological polar surface area (TPSA) is 65.2 Å². The molecule has 0 aromatic heterocycles. The molecular formula is C34H36N2O2. The molecule has 0 unspecified atom stereocenters. The molecule has 0 heterocycles. The van der Waals surface area contributed by atoms with Crippen molar-refractivity contribution in [2.24, 2.45) is 9.98 Å². The van der Waals surface area contributed by atoms with E-state index in [1.54, 1.807) is 12.4 Å². The van der Waals surface area contributed by atoms with E-state index >= 15 is 0 Å². The molecule has 0 amide bonds. The summed E-state index contributed by atoms with van der Waals surface area (Å²) in [4.78, 5) is 9.08. The highest BCUT2D eigenvalue weighted by atomic mass is 16.3. The zero-order valence-corrected chi connectivity index (χ0v) is 22.6. The van der Waals surface area contributed by atoms with Gasteiger partial charge in [-0.05, 0) is 69.5 Å². The molecule has 0 aliphatic rings. The maximum absolute atomic E-state index is 10.9. The average Bonchev–Trinajstić information content (AvgIpc) is 2.92. The zero-order valence-electron chi connectivity index (χ0n) is 22.6. The van der Waals surface area contributed by atoms with Gasteiger partial charge < -0.3 is 10.2 Å². The van der Waals surface area contributed by atoms with E-state index in [9.17, 15) is 10.2 Å². The predicted octanol–water partition coefficient (Wildman–Crippen LogP) is 8.22. The minimum absolute atomic E-state index is 0.186. The second-order valence-corrected chi connectivity index (χ2v) is 10.1. The summed E-state index contributed by atoms with van der Waals surface area (Å²) in [7, 11) is 0. The number of phenols is 2. The largest absolute Gasteiger partial charge is 0.507 e. The van der Waals surface area contributed by atoms with Crippen molar-refractivity contribution in [3.8, 4) is 33.8 Å². The first-order chi connectivity index (χ1) is 18.3. The van der Waals surface area contributed by atoms with Gasteiger partial charge in [-0.15, -0.1) is 0 Å². The molecule has 4 nitrogen and oxygen atoms in total. The Labute approximate surface area is 226 Å². The van der Waals surface area contributed by atoms with Gasteiger partial charge in [-0.2, -0.15) is 0 Å². The maximum atomic E-state index is 10.9. The molecule has 4 aromatic carbocycles. The molecule has 2 N–H and O–H groups in total. The molecule has 0 bridgehead atoms. The van der Waals surface area contributed by atoms with E-state index in [0.29, 0.717) is 24.2 Å². The van der Waals surface area contributed by atoms with Crippen molar-refractivity contribution in [1.82, 2.24) is 0 Å². The smallest absolute Gasteiger partial charge is 0.127 e. The van der Waals surface area contributed by atoms with Crippen molar-refractivity contribution in [1.29, 1.82) is 0 Å². The molecule has 0 saturated carbocycles. The number of hydrogen-bond donors (Lipinski definition) is 2. The molecule has 4 heteroatoms. The summed E-state index contributed by atoms with van der Waals surface area (Å²) in [6, 6.07) is 28.4. The van der Waals surface area contributed by atoms with Gasteiger partial charge in [-0.25, -0.2) is 0 Å². The van der Waals surface area contributed by atoms with Crippen LogP contribution in [0.4, 0.5) is 0 Å². The van der Waals surface area contributed by atoms with Crippen molar-refractivity contribution in [2.75, 3.05) is 13.1 Å². The number of aromatic hydroxyl groups is 2. The Morgan fingerprint density at radius 1 is 0.553 bits per heavy atom. The van der Waals surface area contributed by atoms with Gasteiger partial charge in [0, 0.05) is 23.6 Å². The van der Waals surface area contributed by atoms with Crippen LogP contribution >= 0.6 is 0 Å². The Bertz CT molecular complexity index is 1310. The lowest BCUT2D eigenvalue weighted by atomic mass is 9.93. The van der Waals surface area contributed by atoms with Crippen LogP contribution < -0.4 is 0 Å². The molecule has 0 saturated heterocycles. The van der Waals surface area contributed by atoms with Gasteiger partial charge in [-0.3, -0.25) is 9.98 Å². The predicted molar refractivity (Wildman–Crippen MR) is 160 cm³/mol. The fourth-order valence-corrected chi connectivity index (χ4v) is 4.47. The molecular weight excluding hydrogens is 468 g/mol. The Hall–Kier alpha value is -4.18. The second kappa shape index (κ2) is 12.4. The fraction of sp³-hybridized carbons (Fsp3) is 0.235. The first kappa shape index (κ1) is 26.9. The van der Waals surface area contributed by atoms with Crippen LogP contribution in [0.3, 0.4) is 0 Å². The van der Waals surface area contributed by atoms with Gasteiger partial charge in [0.15, 0.2) is 0 Å². The molecule has 0 aliphatic carbocycles. The van der Waals surface area contributed by atoms with Gasteiger partial charge >= 0.3 is 0 Å². The summed E-state index contributed by atoms with van der Waals surface area (Å²) < 4.78 is 0. The van der Waals surface area contributed by atoms with Crippen LogP contribution in [0, 0.1) is 0 Å². The summed E-state index contributed by atoms with van der Waals surface area (Å²) in [5.41, 5.74) is 7.53. The lowest BCUT2D eigenvalue weighted by molar-refractivity contribution is 0.463. The summed E-state index contributed by atoms with van der Waals surface area (Å²) in [5.74, 6) is 0.919. The van der Waals surface area contributed by atoms with E-state index in [-0.39, 0.29) is 23.3 Å². The Balaban J connectivity index is 1.51. The molecule has 0 radical (unpaired) electrons. The first-order valence-electron chi connectivity index (χ1n) is 13.2. The van der Waals surface area contributed by atoms with E-state index in [0.717, 1.165) is 33.4 Å². The number of hydrogen-bond acceptors (Lipinski definition) is 4. The van der Waals surface area contributed by atoms with Gasteiger partial charge in [0.25, 0.3) is 0 Å². The third-order valence-corrected chi connectivity index (χ3v) is 6.61. The summed E-state index contributed by atoms with van der Waals surface area (Å²) >= 11 is 0. The number of phenolic OH excluding ortho intramolecular Hbond substituents is 2. The van der Waals surface area contributed by atoms with Crippen LogP contribution in [-0.4, -0.2) is 35.7 Å². The molecule has 0 fully saturated rings. The van der Waals surface area contributed by atoms with Crippen molar-refractivity contribution in [2.45, 2.75) is 39.5 Å². The SMILES string of the molecule is CC(C)c1cc(-c2ccccc2)cc(C=NCCN=Cc2cc(-c3ccccc3)cc(C(C)C)c2O)c1O. The maximum Gasteiger partial charge on any atom is 0.127 e. The lowest BCUT2D eigenvalue weighted by Gasteiger charge is -2.14. The standard InChI is InChI=1S/C34H36N2O2/c1-23(2)31-19-27(25-11-7-5-8-12-25)17-29(33(31)37)21-35-15-16-36-22-30-18-28(26-13-9-6-10-14-26)20-32(24(3)4)34(30)38/h5-14,17-24,37-38H,15-16H2,1-4H3. The van der Waals surface area contributed by atoms with Crippen LogP contribution in [0.15, 0.2) is 94.9 Å². The second-order valence-electron chi connectivity index (χ2n) is 10.1. The molecule has 4 aromatic rings. The van der Waals surface area contributed by atoms with E-state index in [2.05, 4.69) is 74.1 Å². The van der Waals surface area contributed by atoms with Crippen LogP contribution in [-0.2, 0) is 0 Å². The average molecular weight is 505 g/mol.